The van der Waals surface area contributed by atoms with Crippen LogP contribution in [0.3, 0.4) is 0 Å². The van der Waals surface area contributed by atoms with Gasteiger partial charge in [0.2, 0.25) is 0 Å². The Labute approximate surface area is 121 Å². The van der Waals surface area contributed by atoms with Crippen molar-refractivity contribution in [3.05, 3.63) is 59.9 Å². The zero-order chi connectivity index (χ0) is 14.8. The largest absolute Gasteiger partial charge is 0.464 e. The Morgan fingerprint density at radius 3 is 2.81 bits per heavy atom. The first kappa shape index (κ1) is 13.8. The third-order valence-corrected chi connectivity index (χ3v) is 3.59. The standard InChI is InChI=1S/C17H16FNO2/c18-9-16(19)13-3-1-2-12(8-13)15-7-11(10-20)6-14-4-5-21-17(14)15/h1-8,16,20H,9-10,19H2. The van der Waals surface area contributed by atoms with Gasteiger partial charge in [0, 0.05) is 10.9 Å². The molecular weight excluding hydrogens is 269 g/mol. The summed E-state index contributed by atoms with van der Waals surface area (Å²) in [6.07, 6.45) is 1.62. The molecule has 0 spiro atoms. The molecule has 3 N–H and O–H groups in total. The maximum absolute atomic E-state index is 12.8. The molecule has 3 aromatic rings. The van der Waals surface area contributed by atoms with Gasteiger partial charge in [0.15, 0.2) is 0 Å². The fourth-order valence-corrected chi connectivity index (χ4v) is 2.48. The second kappa shape index (κ2) is 5.68. The van der Waals surface area contributed by atoms with E-state index in [1.54, 1.807) is 6.26 Å². The number of rotatable bonds is 4. The number of fused-ring (bicyclic) bond motifs is 1. The first-order chi connectivity index (χ1) is 10.2. The molecule has 2 aromatic carbocycles. The normalized spacial score (nSPS) is 12.7. The highest BCUT2D eigenvalue weighted by molar-refractivity contribution is 5.93. The van der Waals surface area contributed by atoms with Crippen LogP contribution in [0.5, 0.6) is 0 Å². The van der Waals surface area contributed by atoms with Crippen LogP contribution in [0.4, 0.5) is 4.39 Å². The van der Waals surface area contributed by atoms with Crippen molar-refractivity contribution in [3.8, 4) is 11.1 Å². The maximum atomic E-state index is 12.8. The Kier molecular flexibility index (Phi) is 3.73. The van der Waals surface area contributed by atoms with E-state index in [4.69, 9.17) is 10.2 Å². The Hall–Kier alpha value is -2.17. The van der Waals surface area contributed by atoms with Crippen LogP contribution < -0.4 is 5.73 Å². The number of hydrogen-bond acceptors (Lipinski definition) is 3. The molecule has 1 unspecified atom stereocenters. The summed E-state index contributed by atoms with van der Waals surface area (Å²) in [6, 6.07) is 12.4. The molecule has 108 valence electrons. The SMILES string of the molecule is NC(CF)c1cccc(-c2cc(CO)cc3ccoc23)c1. The fraction of sp³-hybridized carbons (Fsp3) is 0.176. The monoisotopic (exact) mass is 285 g/mol. The molecule has 0 saturated heterocycles. The Morgan fingerprint density at radius 1 is 1.19 bits per heavy atom. The van der Waals surface area contributed by atoms with Crippen LogP contribution in [0.1, 0.15) is 17.2 Å². The van der Waals surface area contributed by atoms with E-state index in [0.29, 0.717) is 0 Å². The number of alkyl halides is 1. The Bertz CT molecular complexity index is 766. The molecule has 0 aliphatic rings. The minimum atomic E-state index is -0.627. The zero-order valence-corrected chi connectivity index (χ0v) is 11.4. The van der Waals surface area contributed by atoms with E-state index in [1.165, 1.54) is 0 Å². The summed E-state index contributed by atoms with van der Waals surface area (Å²) in [4.78, 5) is 0. The van der Waals surface area contributed by atoms with Crippen LogP contribution in [0.25, 0.3) is 22.1 Å². The van der Waals surface area contributed by atoms with Gasteiger partial charge in [-0.3, -0.25) is 0 Å². The van der Waals surface area contributed by atoms with Gasteiger partial charge in [-0.1, -0.05) is 18.2 Å². The van der Waals surface area contributed by atoms with E-state index in [-0.39, 0.29) is 6.61 Å². The molecule has 0 bridgehead atoms. The van der Waals surface area contributed by atoms with E-state index < -0.39 is 12.7 Å². The van der Waals surface area contributed by atoms with Crippen LogP contribution in [0.2, 0.25) is 0 Å². The number of aliphatic hydroxyl groups is 1. The van der Waals surface area contributed by atoms with Gasteiger partial charge in [0.25, 0.3) is 0 Å². The van der Waals surface area contributed by atoms with E-state index in [1.807, 2.05) is 42.5 Å². The molecule has 1 heterocycles. The Morgan fingerprint density at radius 2 is 2.05 bits per heavy atom. The number of furan rings is 1. The van der Waals surface area contributed by atoms with Gasteiger partial charge in [0.05, 0.1) is 18.9 Å². The quantitative estimate of drug-likeness (QED) is 0.770. The summed E-state index contributed by atoms with van der Waals surface area (Å²) < 4.78 is 18.3. The lowest BCUT2D eigenvalue weighted by molar-refractivity contribution is 0.282. The van der Waals surface area contributed by atoms with Gasteiger partial charge in [-0.25, -0.2) is 4.39 Å². The van der Waals surface area contributed by atoms with Gasteiger partial charge >= 0.3 is 0 Å². The number of benzene rings is 2. The number of halogens is 1. The van der Waals surface area contributed by atoms with Crippen LogP contribution in [-0.4, -0.2) is 11.8 Å². The van der Waals surface area contributed by atoms with Crippen molar-refractivity contribution in [1.29, 1.82) is 0 Å². The van der Waals surface area contributed by atoms with Crippen LogP contribution in [-0.2, 0) is 6.61 Å². The third kappa shape index (κ3) is 2.55. The molecule has 21 heavy (non-hydrogen) atoms. The first-order valence-corrected chi connectivity index (χ1v) is 6.76. The summed E-state index contributed by atoms with van der Waals surface area (Å²) in [7, 11) is 0. The molecule has 0 aliphatic heterocycles. The van der Waals surface area contributed by atoms with Gasteiger partial charge in [-0.15, -0.1) is 0 Å². The predicted octanol–water partition coefficient (Wildman–Crippen LogP) is 3.56. The molecule has 3 nitrogen and oxygen atoms in total. The van der Waals surface area contributed by atoms with Crippen molar-refractivity contribution in [2.75, 3.05) is 6.67 Å². The van der Waals surface area contributed by atoms with Crippen LogP contribution in [0.15, 0.2) is 53.1 Å². The average Bonchev–Trinajstić information content (AvgIpc) is 3.01. The number of nitrogens with two attached hydrogens (primary N) is 1. The smallest absolute Gasteiger partial charge is 0.141 e. The van der Waals surface area contributed by atoms with E-state index in [0.717, 1.165) is 33.2 Å². The summed E-state index contributed by atoms with van der Waals surface area (Å²) in [5, 5.41) is 10.3. The Balaban J connectivity index is 2.17. The summed E-state index contributed by atoms with van der Waals surface area (Å²) in [5.41, 5.74) is 9.81. The van der Waals surface area contributed by atoms with E-state index >= 15 is 0 Å². The summed E-state index contributed by atoms with van der Waals surface area (Å²) >= 11 is 0. The lowest BCUT2D eigenvalue weighted by Crippen LogP contribution is -2.11. The van der Waals surface area contributed by atoms with Crippen molar-refractivity contribution < 1.29 is 13.9 Å². The molecule has 0 radical (unpaired) electrons. The third-order valence-electron chi connectivity index (χ3n) is 3.59. The highest BCUT2D eigenvalue weighted by atomic mass is 19.1. The molecular formula is C17H16FNO2. The van der Waals surface area contributed by atoms with Crippen molar-refractivity contribution in [3.63, 3.8) is 0 Å². The van der Waals surface area contributed by atoms with Crippen molar-refractivity contribution >= 4 is 11.0 Å². The second-order valence-corrected chi connectivity index (χ2v) is 5.03. The van der Waals surface area contributed by atoms with Crippen molar-refractivity contribution in [2.45, 2.75) is 12.6 Å². The highest BCUT2D eigenvalue weighted by Gasteiger charge is 2.12. The van der Waals surface area contributed by atoms with E-state index in [2.05, 4.69) is 0 Å². The second-order valence-electron chi connectivity index (χ2n) is 5.03. The molecule has 0 amide bonds. The van der Waals surface area contributed by atoms with E-state index in [9.17, 15) is 9.50 Å². The molecule has 3 rings (SSSR count). The highest BCUT2D eigenvalue weighted by Crippen LogP contribution is 2.32. The van der Waals surface area contributed by atoms with Gasteiger partial charge in [-0.05, 0) is 41.0 Å². The molecule has 1 aromatic heterocycles. The van der Waals surface area contributed by atoms with Gasteiger partial charge in [0.1, 0.15) is 12.3 Å². The number of aliphatic hydroxyl groups excluding tert-OH is 1. The summed E-state index contributed by atoms with van der Waals surface area (Å²) in [6.45, 7) is -0.645. The van der Waals surface area contributed by atoms with Crippen LogP contribution >= 0.6 is 0 Å². The molecule has 0 fully saturated rings. The lowest BCUT2D eigenvalue weighted by atomic mass is 9.97. The van der Waals surface area contributed by atoms with Gasteiger partial charge < -0.3 is 15.3 Å². The fourth-order valence-electron chi connectivity index (χ4n) is 2.48. The van der Waals surface area contributed by atoms with Crippen molar-refractivity contribution in [2.24, 2.45) is 5.73 Å². The first-order valence-electron chi connectivity index (χ1n) is 6.76. The minimum Gasteiger partial charge on any atom is -0.464 e. The molecule has 4 heteroatoms. The molecule has 0 saturated carbocycles. The minimum absolute atomic E-state index is 0.0438. The molecule has 0 aliphatic carbocycles. The number of hydrogen-bond donors (Lipinski definition) is 2. The lowest BCUT2D eigenvalue weighted by Gasteiger charge is -2.11. The zero-order valence-electron chi connectivity index (χ0n) is 11.4. The van der Waals surface area contributed by atoms with Crippen LogP contribution in [0, 0.1) is 0 Å². The predicted molar refractivity (Wildman–Crippen MR) is 80.5 cm³/mol. The summed E-state index contributed by atoms with van der Waals surface area (Å²) in [5.74, 6) is 0. The molecule has 1 atom stereocenters. The van der Waals surface area contributed by atoms with Gasteiger partial charge in [-0.2, -0.15) is 0 Å². The average molecular weight is 285 g/mol. The van der Waals surface area contributed by atoms with Crippen molar-refractivity contribution in [1.82, 2.24) is 0 Å². The topological polar surface area (TPSA) is 59.4 Å². The maximum Gasteiger partial charge on any atom is 0.141 e.